The van der Waals surface area contributed by atoms with Crippen LogP contribution >= 0.6 is 0 Å². The van der Waals surface area contributed by atoms with E-state index in [0.29, 0.717) is 44.0 Å². The number of aliphatic hydroxyl groups excluding tert-OH is 1. The maximum Gasteiger partial charge on any atom is 0.247 e. The first-order valence-corrected chi connectivity index (χ1v) is 21.2. The van der Waals surface area contributed by atoms with E-state index in [1.165, 1.54) is 0 Å². The molecular formula is C49H54N6O6. The molecule has 8 rings (SSSR count). The first kappa shape index (κ1) is 41.7. The fourth-order valence-corrected chi connectivity index (χ4v) is 8.71. The van der Waals surface area contributed by atoms with Crippen molar-refractivity contribution in [2.24, 2.45) is 0 Å². The number of nitrogens with one attached hydrogen (secondary N) is 3. The number of carbonyl (C=O) groups is 3. The van der Waals surface area contributed by atoms with Crippen LogP contribution in [0.1, 0.15) is 73.2 Å². The van der Waals surface area contributed by atoms with E-state index in [2.05, 4.69) is 56.1 Å². The lowest BCUT2D eigenvalue weighted by Gasteiger charge is -2.45. The van der Waals surface area contributed by atoms with Gasteiger partial charge in [0.2, 0.25) is 17.7 Å². The number of hydrogen-bond donors (Lipinski definition) is 5. The molecule has 0 radical (unpaired) electrons. The van der Waals surface area contributed by atoms with Crippen LogP contribution in [-0.4, -0.2) is 65.7 Å². The zero-order valence-corrected chi connectivity index (χ0v) is 34.3. The van der Waals surface area contributed by atoms with Crippen LogP contribution in [0.2, 0.25) is 0 Å². The fourth-order valence-electron chi connectivity index (χ4n) is 8.71. The van der Waals surface area contributed by atoms with E-state index in [4.69, 9.17) is 15.2 Å². The molecule has 3 amide bonds. The van der Waals surface area contributed by atoms with E-state index in [-0.39, 0.29) is 49.4 Å². The Hall–Kier alpha value is -6.05. The van der Waals surface area contributed by atoms with Crippen molar-refractivity contribution in [2.75, 3.05) is 42.3 Å². The average molecular weight is 823 g/mol. The van der Waals surface area contributed by atoms with Crippen molar-refractivity contribution in [3.63, 3.8) is 0 Å². The first-order chi connectivity index (χ1) is 29.8. The van der Waals surface area contributed by atoms with Gasteiger partial charge in [-0.05, 0) is 83.5 Å². The SMILES string of the molecule is Nc1ccccc1NC(=O)CCCC(=O)NCc1cccc(-c2cccc([C@@H]3O[C@H](CN4CCC5(CC4)C(=O)NCN5c4ccccc4)C[C@H](c4ccc(CO)cc4)O3)c2)c1. The van der Waals surface area contributed by atoms with Crippen LogP contribution in [0.3, 0.4) is 0 Å². The van der Waals surface area contributed by atoms with Gasteiger partial charge in [-0.25, -0.2) is 0 Å². The number of piperidine rings is 1. The maximum atomic E-state index is 13.3. The van der Waals surface area contributed by atoms with Crippen LogP contribution in [0.4, 0.5) is 17.1 Å². The molecule has 0 aromatic heterocycles. The zero-order chi connectivity index (χ0) is 42.2. The van der Waals surface area contributed by atoms with Crippen LogP contribution < -0.4 is 26.6 Å². The van der Waals surface area contributed by atoms with E-state index < -0.39 is 11.8 Å². The fraction of sp³-hybridized carbons (Fsp3) is 0.327. The molecule has 0 aliphatic carbocycles. The molecule has 5 aromatic carbocycles. The number of carbonyl (C=O) groups excluding carboxylic acids is 3. The molecule has 3 fully saturated rings. The molecule has 0 bridgehead atoms. The van der Waals surface area contributed by atoms with Crippen molar-refractivity contribution in [2.45, 2.75) is 75.7 Å². The van der Waals surface area contributed by atoms with Crippen molar-refractivity contribution in [1.82, 2.24) is 15.5 Å². The van der Waals surface area contributed by atoms with Crippen molar-refractivity contribution < 1.29 is 29.0 Å². The molecule has 3 saturated heterocycles. The van der Waals surface area contributed by atoms with Gasteiger partial charge in [-0.2, -0.15) is 0 Å². The van der Waals surface area contributed by atoms with E-state index in [1.807, 2.05) is 78.9 Å². The smallest absolute Gasteiger partial charge is 0.247 e. The molecule has 1 spiro atoms. The van der Waals surface area contributed by atoms with E-state index in [1.54, 1.807) is 18.2 Å². The highest BCUT2D eigenvalue weighted by Crippen LogP contribution is 2.41. The second-order valence-electron chi connectivity index (χ2n) is 16.2. The van der Waals surface area contributed by atoms with Gasteiger partial charge < -0.3 is 46.1 Å². The summed E-state index contributed by atoms with van der Waals surface area (Å²) >= 11 is 0. The number of nitrogens with two attached hydrogens (primary N) is 1. The first-order valence-electron chi connectivity index (χ1n) is 21.2. The Morgan fingerprint density at radius 3 is 2.28 bits per heavy atom. The van der Waals surface area contributed by atoms with Crippen LogP contribution in [0.5, 0.6) is 0 Å². The Morgan fingerprint density at radius 1 is 0.787 bits per heavy atom. The van der Waals surface area contributed by atoms with Crippen LogP contribution in [0.25, 0.3) is 11.1 Å². The molecule has 6 N–H and O–H groups in total. The Kier molecular flexibility index (Phi) is 13.1. The number of nitrogens with zero attached hydrogens (tertiary/aromatic N) is 2. The standard InChI is InChI=1S/C49H54N6O6/c50-42-15-4-5-16-43(42)53-46(58)18-8-17-45(57)51-30-35-9-6-10-37(27-35)38-11-7-12-39(28-38)47-60-41(29-44(61-47)36-21-19-34(32-56)20-22-36)31-54-25-23-49(24-26-54)48(59)52-33-55(49)40-13-2-1-3-14-40/h1-7,9-16,19-22,27-28,41,44,47,56H,8,17-18,23-26,29-33,50H2,(H,51,57)(H,52,59)(H,53,58)/t41-,44+,47+/m0/s1. The molecular weight excluding hydrogens is 769 g/mol. The quantitative estimate of drug-likeness (QED) is 0.0758. The van der Waals surface area contributed by atoms with Crippen LogP contribution in [0.15, 0.2) is 127 Å². The van der Waals surface area contributed by atoms with Gasteiger partial charge in [0.05, 0.1) is 36.9 Å². The normalized spacial score (nSPS) is 20.0. The second-order valence-corrected chi connectivity index (χ2v) is 16.2. The van der Waals surface area contributed by atoms with Gasteiger partial charge >= 0.3 is 0 Å². The summed E-state index contributed by atoms with van der Waals surface area (Å²) in [6, 6.07) is 41.5. The van der Waals surface area contributed by atoms with Gasteiger partial charge in [0.1, 0.15) is 5.54 Å². The second kappa shape index (κ2) is 19.1. The van der Waals surface area contributed by atoms with E-state index in [0.717, 1.165) is 65.0 Å². The molecule has 12 heteroatoms. The predicted octanol–water partition coefficient (Wildman–Crippen LogP) is 6.83. The van der Waals surface area contributed by atoms with Gasteiger partial charge in [-0.15, -0.1) is 0 Å². The number of para-hydroxylation sites is 3. The van der Waals surface area contributed by atoms with Crippen molar-refractivity contribution >= 4 is 34.8 Å². The number of likely N-dealkylation sites (tertiary alicyclic amines) is 1. The van der Waals surface area contributed by atoms with Crippen molar-refractivity contribution in [3.8, 4) is 11.1 Å². The number of nitrogen functional groups attached to an aromatic ring is 1. The number of hydrogen-bond acceptors (Lipinski definition) is 9. The number of aliphatic hydroxyl groups is 1. The van der Waals surface area contributed by atoms with Crippen LogP contribution in [0, 0.1) is 0 Å². The predicted molar refractivity (Wildman–Crippen MR) is 236 cm³/mol. The maximum absolute atomic E-state index is 13.3. The Bertz CT molecular complexity index is 2300. The van der Waals surface area contributed by atoms with E-state index >= 15 is 0 Å². The van der Waals surface area contributed by atoms with Crippen LogP contribution in [-0.2, 0) is 37.0 Å². The van der Waals surface area contributed by atoms with Gasteiger partial charge in [-0.3, -0.25) is 14.4 Å². The number of benzene rings is 5. The monoisotopic (exact) mass is 822 g/mol. The average Bonchev–Trinajstić information content (AvgIpc) is 3.61. The largest absolute Gasteiger partial charge is 0.397 e. The summed E-state index contributed by atoms with van der Waals surface area (Å²) in [7, 11) is 0. The molecule has 3 atom stereocenters. The molecule has 0 unspecified atom stereocenters. The molecule has 12 nitrogen and oxygen atoms in total. The third-order valence-electron chi connectivity index (χ3n) is 12.1. The summed E-state index contributed by atoms with van der Waals surface area (Å²) in [5.41, 5.74) is 13.2. The highest BCUT2D eigenvalue weighted by atomic mass is 16.7. The van der Waals surface area contributed by atoms with E-state index in [9.17, 15) is 19.5 Å². The summed E-state index contributed by atoms with van der Waals surface area (Å²) in [4.78, 5) is 43.1. The molecule has 3 heterocycles. The highest BCUT2D eigenvalue weighted by Gasteiger charge is 2.50. The van der Waals surface area contributed by atoms with Crippen molar-refractivity contribution in [1.29, 1.82) is 0 Å². The number of anilines is 3. The topological polar surface area (TPSA) is 158 Å². The summed E-state index contributed by atoms with van der Waals surface area (Å²) < 4.78 is 13.5. The molecule has 61 heavy (non-hydrogen) atoms. The molecule has 0 saturated carbocycles. The third kappa shape index (κ3) is 9.95. The molecule has 5 aromatic rings. The highest BCUT2D eigenvalue weighted by molar-refractivity contribution is 5.94. The zero-order valence-electron chi connectivity index (χ0n) is 34.3. The summed E-state index contributed by atoms with van der Waals surface area (Å²) in [5.74, 6) is -0.202. The van der Waals surface area contributed by atoms with Gasteiger partial charge in [0.15, 0.2) is 6.29 Å². The minimum Gasteiger partial charge on any atom is -0.397 e. The number of ether oxygens (including phenoxy) is 2. The number of rotatable bonds is 14. The summed E-state index contributed by atoms with van der Waals surface area (Å²) in [6.07, 6.45) is 1.99. The third-order valence-corrected chi connectivity index (χ3v) is 12.1. The summed E-state index contributed by atoms with van der Waals surface area (Å²) in [6.45, 7) is 3.09. The molecule has 316 valence electrons. The Morgan fingerprint density at radius 2 is 1.51 bits per heavy atom. The lowest BCUT2D eigenvalue weighted by atomic mass is 9.85. The van der Waals surface area contributed by atoms with Gasteiger partial charge in [-0.1, -0.05) is 91.0 Å². The van der Waals surface area contributed by atoms with Gasteiger partial charge in [0, 0.05) is 56.7 Å². The Balaban J connectivity index is 0.906. The minimum absolute atomic E-state index is 0.0249. The lowest BCUT2D eigenvalue weighted by Crippen LogP contribution is -2.57. The lowest BCUT2D eigenvalue weighted by molar-refractivity contribution is -0.253. The van der Waals surface area contributed by atoms with Crippen molar-refractivity contribution in [3.05, 3.63) is 150 Å². The molecule has 3 aliphatic rings. The van der Waals surface area contributed by atoms with Gasteiger partial charge in [0.25, 0.3) is 0 Å². The molecule has 3 aliphatic heterocycles. The number of amides is 3. The summed E-state index contributed by atoms with van der Waals surface area (Å²) in [5, 5.41) is 18.6. The Labute approximate surface area is 357 Å². The minimum atomic E-state index is -0.624.